The minimum atomic E-state index is -4.79. The van der Waals surface area contributed by atoms with Gasteiger partial charge in [-0.15, -0.1) is 0 Å². The summed E-state index contributed by atoms with van der Waals surface area (Å²) in [4.78, 5) is 30.7. The zero-order valence-corrected chi connectivity index (χ0v) is 14.1. The van der Waals surface area contributed by atoms with Gasteiger partial charge in [0.25, 0.3) is 0 Å². The van der Waals surface area contributed by atoms with Gasteiger partial charge < -0.3 is 10.5 Å². The minimum Gasteiger partial charge on any atom is -0.410 e. The Labute approximate surface area is 146 Å². The molecule has 0 aliphatic heterocycles. The quantitative estimate of drug-likeness (QED) is 0.712. The minimum absolute atomic E-state index is 0.0663. The molecule has 0 saturated carbocycles. The molecule has 0 unspecified atom stereocenters. The highest BCUT2D eigenvalue weighted by Crippen LogP contribution is 2.44. The number of nitrogens with two attached hydrogens (primary N) is 1. The lowest BCUT2D eigenvalue weighted by Crippen LogP contribution is -2.22. The van der Waals surface area contributed by atoms with Gasteiger partial charge in [0.15, 0.2) is 0 Å². The molecule has 2 aromatic rings. The first-order valence-electron chi connectivity index (χ1n) is 7.55. The molecular formula is C17H14F3N3O3. The fourth-order valence-corrected chi connectivity index (χ4v) is 2.79. The van der Waals surface area contributed by atoms with Gasteiger partial charge in [0.05, 0.1) is 5.69 Å². The van der Waals surface area contributed by atoms with Crippen LogP contribution in [0.1, 0.15) is 48.3 Å². The maximum absolute atomic E-state index is 13.2. The molecule has 1 aromatic heterocycles. The summed E-state index contributed by atoms with van der Waals surface area (Å²) in [5.74, 6) is -1.94. The van der Waals surface area contributed by atoms with E-state index < -0.39 is 29.3 Å². The van der Waals surface area contributed by atoms with Crippen molar-refractivity contribution in [2.45, 2.75) is 32.4 Å². The summed E-state index contributed by atoms with van der Waals surface area (Å²) in [6, 6.07) is 4.06. The van der Waals surface area contributed by atoms with E-state index in [0.29, 0.717) is 5.56 Å². The van der Waals surface area contributed by atoms with Crippen molar-refractivity contribution in [2.24, 2.45) is 5.73 Å². The van der Waals surface area contributed by atoms with Crippen molar-refractivity contribution in [1.29, 1.82) is 0 Å². The number of hydrogen-bond acceptors (Lipinski definition) is 5. The average molecular weight is 365 g/mol. The van der Waals surface area contributed by atoms with Crippen LogP contribution in [0, 0.1) is 0 Å². The van der Waals surface area contributed by atoms with Crippen LogP contribution in [-0.4, -0.2) is 21.8 Å². The van der Waals surface area contributed by atoms with E-state index in [1.54, 1.807) is 20.8 Å². The largest absolute Gasteiger partial charge is 0.451 e. The fourth-order valence-electron chi connectivity index (χ4n) is 2.79. The van der Waals surface area contributed by atoms with Gasteiger partial charge in [0.2, 0.25) is 11.6 Å². The lowest BCUT2D eigenvalue weighted by molar-refractivity contribution is -0.145. The second-order valence-corrected chi connectivity index (χ2v) is 6.82. The van der Waals surface area contributed by atoms with Crippen LogP contribution < -0.4 is 10.5 Å². The number of rotatable bonds is 1. The Morgan fingerprint density at radius 2 is 1.77 bits per heavy atom. The van der Waals surface area contributed by atoms with Crippen molar-refractivity contribution < 1.29 is 27.5 Å². The number of alkyl halides is 3. The SMILES string of the molecule is CC(C)(C)c1nc(C(F)(F)F)nc2c1-c1cc(OC(N)=O)ccc1C2=O. The Kier molecular flexibility index (Phi) is 3.78. The number of primary amides is 1. The number of hydrogen-bond donors (Lipinski definition) is 1. The topological polar surface area (TPSA) is 95.2 Å². The van der Waals surface area contributed by atoms with Crippen molar-refractivity contribution in [3.8, 4) is 16.9 Å². The first kappa shape index (κ1) is 17.8. The number of ketones is 1. The lowest BCUT2D eigenvalue weighted by atomic mass is 9.86. The normalized spacial score (nSPS) is 13.4. The molecule has 1 aromatic carbocycles. The smallest absolute Gasteiger partial charge is 0.410 e. The van der Waals surface area contributed by atoms with Gasteiger partial charge in [-0.1, -0.05) is 20.8 Å². The van der Waals surface area contributed by atoms with Gasteiger partial charge in [-0.3, -0.25) is 4.79 Å². The number of amides is 1. The summed E-state index contributed by atoms with van der Waals surface area (Å²) < 4.78 is 44.3. The Morgan fingerprint density at radius 3 is 2.31 bits per heavy atom. The van der Waals surface area contributed by atoms with Gasteiger partial charge in [-0.25, -0.2) is 14.8 Å². The number of benzene rings is 1. The van der Waals surface area contributed by atoms with Crippen molar-refractivity contribution in [3.05, 3.63) is 41.0 Å². The van der Waals surface area contributed by atoms with Crippen molar-refractivity contribution >= 4 is 11.9 Å². The molecule has 1 aliphatic rings. The van der Waals surface area contributed by atoms with Crippen LogP contribution in [0.4, 0.5) is 18.0 Å². The number of ether oxygens (including phenoxy) is 1. The van der Waals surface area contributed by atoms with Crippen molar-refractivity contribution in [3.63, 3.8) is 0 Å². The van der Waals surface area contributed by atoms with Crippen LogP contribution in [0.25, 0.3) is 11.1 Å². The summed E-state index contributed by atoms with van der Waals surface area (Å²) in [5, 5.41) is 0. The van der Waals surface area contributed by atoms with E-state index in [9.17, 15) is 22.8 Å². The number of aromatic nitrogens is 2. The molecule has 0 spiro atoms. The van der Waals surface area contributed by atoms with E-state index in [1.807, 2.05) is 0 Å². The van der Waals surface area contributed by atoms with E-state index >= 15 is 0 Å². The van der Waals surface area contributed by atoms with E-state index in [-0.39, 0.29) is 28.3 Å². The lowest BCUT2D eigenvalue weighted by Gasteiger charge is -2.22. The molecule has 2 N–H and O–H groups in total. The highest BCUT2D eigenvalue weighted by molar-refractivity contribution is 6.21. The fraction of sp³-hybridized carbons (Fsp3) is 0.294. The monoisotopic (exact) mass is 365 g/mol. The second kappa shape index (κ2) is 5.52. The molecule has 0 fully saturated rings. The molecule has 1 aliphatic carbocycles. The van der Waals surface area contributed by atoms with Crippen LogP contribution >= 0.6 is 0 Å². The Balaban J connectivity index is 2.32. The van der Waals surface area contributed by atoms with Gasteiger partial charge in [-0.2, -0.15) is 13.2 Å². The highest BCUT2D eigenvalue weighted by atomic mass is 19.4. The third-order valence-electron chi connectivity index (χ3n) is 3.81. The average Bonchev–Trinajstić information content (AvgIpc) is 2.77. The Morgan fingerprint density at radius 1 is 1.12 bits per heavy atom. The summed E-state index contributed by atoms with van der Waals surface area (Å²) in [7, 11) is 0. The summed E-state index contributed by atoms with van der Waals surface area (Å²) in [5.41, 5.74) is 4.63. The van der Waals surface area contributed by atoms with Crippen LogP contribution in [-0.2, 0) is 11.6 Å². The van der Waals surface area contributed by atoms with E-state index in [0.717, 1.165) is 0 Å². The summed E-state index contributed by atoms with van der Waals surface area (Å²) >= 11 is 0. The molecule has 6 nitrogen and oxygen atoms in total. The van der Waals surface area contributed by atoms with Crippen molar-refractivity contribution in [1.82, 2.24) is 9.97 Å². The molecule has 1 heterocycles. The van der Waals surface area contributed by atoms with Gasteiger partial charge >= 0.3 is 12.3 Å². The molecule has 0 bridgehead atoms. The molecule has 0 saturated heterocycles. The number of fused-ring (bicyclic) bond motifs is 3. The molecule has 0 atom stereocenters. The Bertz CT molecular complexity index is 947. The maximum Gasteiger partial charge on any atom is 0.451 e. The van der Waals surface area contributed by atoms with Gasteiger partial charge in [0, 0.05) is 22.1 Å². The third-order valence-corrected chi connectivity index (χ3v) is 3.81. The maximum atomic E-state index is 13.2. The second-order valence-electron chi connectivity index (χ2n) is 6.82. The first-order chi connectivity index (χ1) is 11.9. The number of carbonyl (C=O) groups excluding carboxylic acids is 2. The molecule has 9 heteroatoms. The molecular weight excluding hydrogens is 351 g/mol. The molecule has 1 amide bonds. The van der Waals surface area contributed by atoms with E-state index in [1.165, 1.54) is 18.2 Å². The van der Waals surface area contributed by atoms with E-state index in [4.69, 9.17) is 10.5 Å². The Hall–Kier alpha value is -2.97. The predicted octanol–water partition coefficient (Wildman–Crippen LogP) is 3.46. The van der Waals surface area contributed by atoms with E-state index in [2.05, 4.69) is 9.97 Å². The first-order valence-corrected chi connectivity index (χ1v) is 7.55. The summed E-state index contributed by atoms with van der Waals surface area (Å²) in [6.07, 6.45) is -5.83. The zero-order valence-electron chi connectivity index (χ0n) is 14.1. The van der Waals surface area contributed by atoms with Gasteiger partial charge in [-0.05, 0) is 18.2 Å². The van der Waals surface area contributed by atoms with Crippen LogP contribution in [0.15, 0.2) is 18.2 Å². The van der Waals surface area contributed by atoms with Crippen molar-refractivity contribution in [2.75, 3.05) is 0 Å². The highest BCUT2D eigenvalue weighted by Gasteiger charge is 2.41. The van der Waals surface area contributed by atoms with Crippen LogP contribution in [0.3, 0.4) is 0 Å². The molecule has 26 heavy (non-hydrogen) atoms. The van der Waals surface area contributed by atoms with Crippen LogP contribution in [0.2, 0.25) is 0 Å². The standard InChI is InChI=1S/C17H14F3N3O3/c1-16(2,3)13-10-9-6-7(26-15(21)25)4-5-8(9)12(24)11(10)22-14(23-13)17(18,19)20/h4-6H,1-3H3,(H2,21,25). The van der Waals surface area contributed by atoms with Crippen LogP contribution in [0.5, 0.6) is 5.75 Å². The predicted molar refractivity (Wildman–Crippen MR) is 84.8 cm³/mol. The number of nitrogens with zero attached hydrogens (tertiary/aromatic N) is 2. The molecule has 3 rings (SSSR count). The number of halogens is 3. The molecule has 0 radical (unpaired) electrons. The summed E-state index contributed by atoms with van der Waals surface area (Å²) in [6.45, 7) is 5.05. The molecule has 136 valence electrons. The number of carbonyl (C=O) groups is 2. The third kappa shape index (κ3) is 2.89. The zero-order chi connectivity index (χ0) is 19.4. The van der Waals surface area contributed by atoms with Gasteiger partial charge in [0.1, 0.15) is 11.4 Å².